The van der Waals surface area contributed by atoms with Gasteiger partial charge in [0.05, 0.1) is 0 Å². The van der Waals surface area contributed by atoms with E-state index >= 15 is 0 Å². The number of benzene rings is 1. The van der Waals surface area contributed by atoms with Crippen molar-refractivity contribution in [2.24, 2.45) is 0 Å². The second-order valence-corrected chi connectivity index (χ2v) is 10.3. The van der Waals surface area contributed by atoms with E-state index in [1.165, 1.54) is 15.6 Å². The number of hydrogen-bond donors (Lipinski definition) is 1. The summed E-state index contributed by atoms with van der Waals surface area (Å²) in [5.74, 6) is -0.236. The zero-order chi connectivity index (χ0) is 19.6. The van der Waals surface area contributed by atoms with E-state index in [1.54, 1.807) is 12.1 Å². The summed E-state index contributed by atoms with van der Waals surface area (Å²) in [5.41, 5.74) is 2.04. The van der Waals surface area contributed by atoms with Crippen molar-refractivity contribution in [3.8, 4) is 0 Å². The van der Waals surface area contributed by atoms with Crippen molar-refractivity contribution in [3.63, 3.8) is 0 Å². The van der Waals surface area contributed by atoms with Gasteiger partial charge in [-0.25, -0.2) is 8.42 Å². The summed E-state index contributed by atoms with van der Waals surface area (Å²) in [7, 11) is 0.298. The number of nitrogens with zero attached hydrogens (tertiary/aromatic N) is 2. The van der Waals surface area contributed by atoms with Crippen molar-refractivity contribution >= 4 is 33.0 Å². The van der Waals surface area contributed by atoms with Gasteiger partial charge in [-0.05, 0) is 49.6 Å². The molecule has 146 valence electrons. The summed E-state index contributed by atoms with van der Waals surface area (Å²) in [6.07, 6.45) is 1.24. The fourth-order valence-electron chi connectivity index (χ4n) is 3.21. The van der Waals surface area contributed by atoms with E-state index in [-0.39, 0.29) is 5.91 Å². The van der Waals surface area contributed by atoms with Crippen molar-refractivity contribution in [2.45, 2.75) is 36.6 Å². The Morgan fingerprint density at radius 2 is 2.07 bits per heavy atom. The smallest absolute Gasteiger partial charge is 0.253 e. The number of rotatable bonds is 6. The van der Waals surface area contributed by atoms with Gasteiger partial charge in [-0.3, -0.25) is 4.79 Å². The zero-order valence-corrected chi connectivity index (χ0v) is 17.4. The minimum Gasteiger partial charge on any atom is -0.378 e. The van der Waals surface area contributed by atoms with Gasteiger partial charge in [0.15, 0.2) is 0 Å². The van der Waals surface area contributed by atoms with Crippen LogP contribution in [-0.2, 0) is 21.4 Å². The Labute approximate surface area is 164 Å². The number of sulfonamides is 1. The lowest BCUT2D eigenvalue weighted by molar-refractivity contribution is -0.124. The van der Waals surface area contributed by atoms with Gasteiger partial charge in [-0.2, -0.15) is 4.31 Å². The second-order valence-electron chi connectivity index (χ2n) is 6.92. The maximum atomic E-state index is 12.9. The van der Waals surface area contributed by atoms with Crippen LogP contribution in [0, 0.1) is 6.92 Å². The van der Waals surface area contributed by atoms with Gasteiger partial charge < -0.3 is 10.2 Å². The van der Waals surface area contributed by atoms with E-state index in [0.717, 1.165) is 16.1 Å². The van der Waals surface area contributed by atoms with Crippen molar-refractivity contribution < 1.29 is 13.2 Å². The third-order valence-corrected chi connectivity index (χ3v) is 8.05. The van der Waals surface area contributed by atoms with Crippen LogP contribution in [0.15, 0.2) is 40.6 Å². The van der Waals surface area contributed by atoms with Crippen LogP contribution < -0.4 is 10.2 Å². The molecule has 1 saturated heterocycles. The highest BCUT2D eigenvalue weighted by molar-refractivity contribution is 7.91. The highest BCUT2D eigenvalue weighted by Gasteiger charge is 2.39. The van der Waals surface area contributed by atoms with Crippen molar-refractivity contribution in [1.82, 2.24) is 9.62 Å². The first-order valence-corrected chi connectivity index (χ1v) is 11.2. The molecular formula is C19H25N3O3S2. The fourth-order valence-corrected chi connectivity index (χ4v) is 6.28. The van der Waals surface area contributed by atoms with Crippen molar-refractivity contribution in [1.29, 1.82) is 0 Å². The topological polar surface area (TPSA) is 69.7 Å². The number of anilines is 1. The summed E-state index contributed by atoms with van der Waals surface area (Å²) >= 11 is 1.24. The molecule has 1 aromatic carbocycles. The molecular weight excluding hydrogens is 382 g/mol. The van der Waals surface area contributed by atoms with Gasteiger partial charge in [0, 0.05) is 37.7 Å². The molecule has 0 bridgehead atoms. The number of thiophene rings is 1. The summed E-state index contributed by atoms with van der Waals surface area (Å²) in [6.45, 7) is 2.64. The van der Waals surface area contributed by atoms with E-state index in [4.69, 9.17) is 0 Å². The van der Waals surface area contributed by atoms with Crippen LogP contribution in [-0.4, -0.2) is 45.3 Å². The molecule has 0 aliphatic carbocycles. The van der Waals surface area contributed by atoms with E-state index in [1.807, 2.05) is 50.2 Å². The van der Waals surface area contributed by atoms with Crippen LogP contribution >= 0.6 is 11.3 Å². The molecule has 0 spiro atoms. The second kappa shape index (κ2) is 8.00. The molecule has 1 unspecified atom stereocenters. The molecule has 1 aliphatic heterocycles. The normalized spacial score (nSPS) is 17.8. The lowest BCUT2D eigenvalue weighted by Crippen LogP contribution is -2.45. The van der Waals surface area contributed by atoms with Crippen molar-refractivity contribution in [2.75, 3.05) is 25.5 Å². The monoisotopic (exact) mass is 407 g/mol. The van der Waals surface area contributed by atoms with Crippen LogP contribution in [0.25, 0.3) is 0 Å². The summed E-state index contributed by atoms with van der Waals surface area (Å²) in [4.78, 5) is 15.6. The number of nitrogens with one attached hydrogen (secondary N) is 1. The molecule has 1 atom stereocenters. The Balaban J connectivity index is 1.70. The first-order valence-electron chi connectivity index (χ1n) is 8.91. The van der Waals surface area contributed by atoms with E-state index in [9.17, 15) is 13.2 Å². The summed E-state index contributed by atoms with van der Waals surface area (Å²) in [5, 5.41) is 2.91. The van der Waals surface area contributed by atoms with Gasteiger partial charge in [0.1, 0.15) is 10.3 Å². The van der Waals surface area contributed by atoms with Crippen LogP contribution in [0.5, 0.6) is 0 Å². The molecule has 2 heterocycles. The number of amides is 1. The van der Waals surface area contributed by atoms with Gasteiger partial charge in [0.25, 0.3) is 10.0 Å². The van der Waals surface area contributed by atoms with E-state index < -0.39 is 16.1 Å². The summed E-state index contributed by atoms with van der Waals surface area (Å²) in [6, 6.07) is 10.7. The van der Waals surface area contributed by atoms with E-state index in [0.29, 0.717) is 30.1 Å². The summed E-state index contributed by atoms with van der Waals surface area (Å²) < 4.78 is 27.5. The van der Waals surface area contributed by atoms with E-state index in [2.05, 4.69) is 5.32 Å². The number of carbonyl (C=O) groups is 1. The molecule has 1 amide bonds. The standard InChI is InChI=1S/C19H25N3O3S2/c1-14-9-10-18(26-14)27(24,25)22-11-5-8-17(22)19(23)20-13-15-6-4-7-16(12-15)21(2)3/h4,6-7,9-10,12,17H,5,8,11,13H2,1-3H3,(H,20,23). The molecule has 1 aliphatic rings. The maximum absolute atomic E-state index is 12.9. The average molecular weight is 408 g/mol. The molecule has 8 heteroatoms. The SMILES string of the molecule is Cc1ccc(S(=O)(=O)N2CCCC2C(=O)NCc2cccc(N(C)C)c2)s1. The Hall–Kier alpha value is -1.90. The van der Waals surface area contributed by atoms with Gasteiger partial charge in [-0.15, -0.1) is 11.3 Å². The van der Waals surface area contributed by atoms with Gasteiger partial charge >= 0.3 is 0 Å². The number of hydrogen-bond acceptors (Lipinski definition) is 5. The van der Waals surface area contributed by atoms with Gasteiger partial charge in [-0.1, -0.05) is 12.1 Å². The molecule has 3 rings (SSSR count). The lowest BCUT2D eigenvalue weighted by atomic mass is 10.1. The zero-order valence-electron chi connectivity index (χ0n) is 15.8. The fraction of sp³-hybridized carbons (Fsp3) is 0.421. The molecule has 0 radical (unpaired) electrons. The molecule has 2 aromatic rings. The first kappa shape index (κ1) is 19.9. The van der Waals surface area contributed by atoms with Crippen LogP contribution in [0.2, 0.25) is 0 Å². The molecule has 1 N–H and O–H groups in total. The minimum atomic E-state index is -3.63. The van der Waals surface area contributed by atoms with Crippen molar-refractivity contribution in [3.05, 3.63) is 46.8 Å². The van der Waals surface area contributed by atoms with Gasteiger partial charge in [0.2, 0.25) is 5.91 Å². The lowest BCUT2D eigenvalue weighted by Gasteiger charge is -2.23. The Bertz CT molecular complexity index is 922. The third-order valence-electron chi connectivity index (χ3n) is 4.68. The molecule has 6 nitrogen and oxygen atoms in total. The Morgan fingerprint density at radius 1 is 1.30 bits per heavy atom. The quantitative estimate of drug-likeness (QED) is 0.799. The number of carbonyl (C=O) groups excluding carboxylic acids is 1. The average Bonchev–Trinajstić information content (AvgIpc) is 3.29. The molecule has 1 aromatic heterocycles. The number of aryl methyl sites for hydroxylation is 1. The first-order chi connectivity index (χ1) is 12.8. The largest absolute Gasteiger partial charge is 0.378 e. The van der Waals surface area contributed by atoms with Crippen LogP contribution in [0.1, 0.15) is 23.3 Å². The molecule has 27 heavy (non-hydrogen) atoms. The third kappa shape index (κ3) is 4.34. The highest BCUT2D eigenvalue weighted by Crippen LogP contribution is 2.30. The van der Waals surface area contributed by atoms with Crippen LogP contribution in [0.3, 0.4) is 0 Å². The Kier molecular flexibility index (Phi) is 5.88. The predicted octanol–water partition coefficient (Wildman–Crippen LogP) is 2.59. The molecule has 1 fully saturated rings. The molecule has 0 saturated carbocycles. The predicted molar refractivity (Wildman–Crippen MR) is 109 cm³/mol. The minimum absolute atomic E-state index is 0.236. The highest BCUT2D eigenvalue weighted by atomic mass is 32.2. The maximum Gasteiger partial charge on any atom is 0.253 e. The van der Waals surface area contributed by atoms with Crippen LogP contribution in [0.4, 0.5) is 5.69 Å². The Morgan fingerprint density at radius 3 is 2.74 bits per heavy atom.